The minimum absolute atomic E-state index is 0.0466. The molecule has 3 aromatic carbocycles. The molecule has 0 N–H and O–H groups in total. The number of aryl methyl sites for hydroxylation is 1. The quantitative estimate of drug-likeness (QED) is 0.275. The van der Waals surface area contributed by atoms with Gasteiger partial charge in [-0.25, -0.2) is 0 Å². The monoisotopic (exact) mass is 476 g/mol. The van der Waals surface area contributed by atoms with E-state index >= 15 is 0 Å². The summed E-state index contributed by atoms with van der Waals surface area (Å²) in [4.78, 5) is 26.3. The number of fused-ring (bicyclic) bond motifs is 3. The fraction of sp³-hybridized carbons (Fsp3) is 0.296. The van der Waals surface area contributed by atoms with Crippen molar-refractivity contribution in [3.8, 4) is 0 Å². The predicted octanol–water partition coefficient (Wildman–Crippen LogP) is 5.72. The van der Waals surface area contributed by atoms with Crippen molar-refractivity contribution in [3.63, 3.8) is 0 Å². The van der Waals surface area contributed by atoms with Crippen LogP contribution in [-0.2, 0) is 6.54 Å². The Morgan fingerprint density at radius 3 is 2.59 bits per heavy atom. The van der Waals surface area contributed by atoms with Crippen molar-refractivity contribution in [1.82, 2.24) is 0 Å². The Kier molecular flexibility index (Phi) is 5.66. The van der Waals surface area contributed by atoms with Gasteiger partial charge in [0.05, 0.1) is 47.6 Å². The minimum Gasteiger partial charge on any atom is -0.322 e. The van der Waals surface area contributed by atoms with Gasteiger partial charge in [-0.1, -0.05) is 41.4 Å². The molecule has 0 radical (unpaired) electrons. The number of quaternary nitrogens is 1. The van der Waals surface area contributed by atoms with Gasteiger partial charge in [0.25, 0.3) is 11.6 Å². The van der Waals surface area contributed by atoms with Crippen LogP contribution in [0, 0.1) is 17.0 Å². The topological polar surface area (TPSA) is 63.5 Å². The molecule has 3 aromatic rings. The summed E-state index contributed by atoms with van der Waals surface area (Å²) < 4.78 is 0.820. The maximum atomic E-state index is 13.7. The van der Waals surface area contributed by atoms with Crippen LogP contribution in [0.2, 0.25) is 5.02 Å². The molecule has 2 aliphatic heterocycles. The molecule has 6 nitrogen and oxygen atoms in total. The minimum atomic E-state index is -0.367. The fourth-order valence-corrected chi connectivity index (χ4v) is 5.87. The highest BCUT2D eigenvalue weighted by molar-refractivity contribution is 6.34. The van der Waals surface area contributed by atoms with Crippen LogP contribution in [-0.4, -0.2) is 41.5 Å². The molecule has 0 saturated carbocycles. The second kappa shape index (κ2) is 8.53. The second-order valence-corrected chi connectivity index (χ2v) is 10.2. The number of hydrogen-bond donors (Lipinski definition) is 0. The van der Waals surface area contributed by atoms with E-state index in [0.29, 0.717) is 10.6 Å². The molecule has 1 fully saturated rings. The average Bonchev–Trinajstić information content (AvgIpc) is 3.11. The number of piperidine rings is 1. The van der Waals surface area contributed by atoms with Crippen LogP contribution >= 0.6 is 11.6 Å². The van der Waals surface area contributed by atoms with Gasteiger partial charge in [0, 0.05) is 29.8 Å². The zero-order chi connectivity index (χ0) is 24.0. The maximum Gasteiger partial charge on any atom is 0.269 e. The lowest BCUT2D eigenvalue weighted by atomic mass is 9.87. The van der Waals surface area contributed by atoms with Gasteiger partial charge in [0.15, 0.2) is 0 Å². The number of benzene rings is 3. The van der Waals surface area contributed by atoms with Crippen LogP contribution in [0.4, 0.5) is 11.4 Å². The highest BCUT2D eigenvalue weighted by Gasteiger charge is 2.49. The third-order valence-electron chi connectivity index (χ3n) is 7.27. The van der Waals surface area contributed by atoms with Gasteiger partial charge in [-0.05, 0) is 42.8 Å². The van der Waals surface area contributed by atoms with E-state index in [-0.39, 0.29) is 28.5 Å². The van der Waals surface area contributed by atoms with Crippen LogP contribution in [0.25, 0.3) is 0 Å². The number of likely N-dealkylation sites (tertiary alicyclic amines) is 1. The van der Waals surface area contributed by atoms with E-state index < -0.39 is 0 Å². The molecular weight excluding hydrogens is 450 g/mol. The van der Waals surface area contributed by atoms with Gasteiger partial charge in [0.2, 0.25) is 0 Å². The third kappa shape index (κ3) is 3.97. The van der Waals surface area contributed by atoms with Crippen molar-refractivity contribution in [3.05, 3.63) is 104 Å². The van der Waals surface area contributed by atoms with Gasteiger partial charge in [-0.2, -0.15) is 0 Å². The Hall–Kier alpha value is -3.22. The summed E-state index contributed by atoms with van der Waals surface area (Å²) in [7, 11) is 2.24. The number of likely N-dealkylation sites (N-methyl/N-ethyl adjacent to an activating group) is 1. The van der Waals surface area contributed by atoms with E-state index in [1.165, 1.54) is 11.1 Å². The molecule has 1 amide bonds. The summed E-state index contributed by atoms with van der Waals surface area (Å²) in [5.74, 6) is 0.174. The van der Waals surface area contributed by atoms with Crippen molar-refractivity contribution >= 4 is 28.9 Å². The molecule has 0 spiro atoms. The molecule has 0 aromatic heterocycles. The van der Waals surface area contributed by atoms with Crippen LogP contribution in [0.15, 0.2) is 66.7 Å². The number of nitro benzene ring substituents is 1. The van der Waals surface area contributed by atoms with Crippen LogP contribution in [0.3, 0.4) is 0 Å². The Morgan fingerprint density at radius 1 is 1.15 bits per heavy atom. The number of carbonyl (C=O) groups excluding carboxylic acids is 1. The molecule has 2 aliphatic rings. The van der Waals surface area contributed by atoms with Gasteiger partial charge in [-0.15, -0.1) is 0 Å². The number of hydrogen-bond acceptors (Lipinski definition) is 3. The first-order chi connectivity index (χ1) is 16.3. The number of anilines is 1. The Labute approximate surface area is 204 Å². The first-order valence-corrected chi connectivity index (χ1v) is 11.9. The largest absolute Gasteiger partial charge is 0.322 e. The first-order valence-electron chi connectivity index (χ1n) is 11.5. The van der Waals surface area contributed by atoms with Crippen LogP contribution in [0.5, 0.6) is 0 Å². The average molecular weight is 477 g/mol. The van der Waals surface area contributed by atoms with E-state index in [1.807, 2.05) is 29.2 Å². The third-order valence-corrected chi connectivity index (χ3v) is 7.60. The smallest absolute Gasteiger partial charge is 0.269 e. The normalized spacial score (nSPS) is 23.3. The molecule has 5 rings (SSSR count). The highest BCUT2D eigenvalue weighted by Crippen LogP contribution is 2.47. The van der Waals surface area contributed by atoms with Crippen molar-refractivity contribution in [2.75, 3.05) is 25.0 Å². The van der Waals surface area contributed by atoms with Gasteiger partial charge in [0.1, 0.15) is 6.54 Å². The first kappa shape index (κ1) is 22.6. The standard InChI is InChI=1S/C27H27ClN3O3/c1-18-7-12-25-22(15-18)23-17-31(2,16-19-8-10-20(11-9-19)30(33)34)14-13-26(23)29(25)27(32)21-5-3-4-6-24(21)28/h3-12,15,23,26H,13-14,16-17H2,1-2H3/q+1. The number of nitrogens with zero attached hydrogens (tertiary/aromatic N) is 3. The summed E-state index contributed by atoms with van der Waals surface area (Å²) in [6.07, 6.45) is 0.873. The van der Waals surface area contributed by atoms with Crippen molar-refractivity contribution in [2.45, 2.75) is 31.8 Å². The van der Waals surface area contributed by atoms with E-state index in [0.717, 1.165) is 41.8 Å². The summed E-state index contributed by atoms with van der Waals surface area (Å²) in [6, 6.07) is 20.5. The fourth-order valence-electron chi connectivity index (χ4n) is 5.65. The van der Waals surface area contributed by atoms with Crippen molar-refractivity contribution in [1.29, 1.82) is 0 Å². The zero-order valence-electron chi connectivity index (χ0n) is 19.3. The van der Waals surface area contributed by atoms with E-state index in [2.05, 4.69) is 32.2 Å². The molecule has 0 aliphatic carbocycles. The SMILES string of the molecule is Cc1ccc2c(c1)C1C[N+](C)(Cc3ccc([N+](=O)[O-])cc3)CCC1N2C(=O)c1ccccc1Cl. The van der Waals surface area contributed by atoms with E-state index in [4.69, 9.17) is 11.6 Å². The lowest BCUT2D eigenvalue weighted by Crippen LogP contribution is -2.56. The molecule has 3 unspecified atom stereocenters. The molecule has 1 saturated heterocycles. The number of amides is 1. The lowest BCUT2D eigenvalue weighted by molar-refractivity contribution is -0.928. The van der Waals surface area contributed by atoms with Gasteiger partial charge < -0.3 is 9.38 Å². The number of halogens is 1. The Bertz CT molecular complexity index is 1280. The number of carbonyl (C=O) groups is 1. The molecule has 34 heavy (non-hydrogen) atoms. The predicted molar refractivity (Wildman–Crippen MR) is 133 cm³/mol. The molecule has 0 bridgehead atoms. The van der Waals surface area contributed by atoms with Crippen LogP contribution < -0.4 is 4.90 Å². The molecule has 3 atom stereocenters. The van der Waals surface area contributed by atoms with E-state index in [9.17, 15) is 14.9 Å². The lowest BCUT2D eigenvalue weighted by Gasteiger charge is -2.44. The van der Waals surface area contributed by atoms with Crippen molar-refractivity contribution < 1.29 is 14.2 Å². The van der Waals surface area contributed by atoms with Crippen molar-refractivity contribution in [2.24, 2.45) is 0 Å². The van der Waals surface area contributed by atoms with E-state index in [1.54, 1.807) is 24.3 Å². The molecule has 2 heterocycles. The summed E-state index contributed by atoms with van der Waals surface area (Å²) >= 11 is 6.40. The van der Waals surface area contributed by atoms with Gasteiger partial charge >= 0.3 is 0 Å². The maximum absolute atomic E-state index is 13.7. The summed E-state index contributed by atoms with van der Waals surface area (Å²) in [5, 5.41) is 11.5. The highest BCUT2D eigenvalue weighted by atomic mass is 35.5. The van der Waals surface area contributed by atoms with Gasteiger partial charge in [-0.3, -0.25) is 14.9 Å². The summed E-state index contributed by atoms with van der Waals surface area (Å²) in [5.41, 5.74) is 5.11. The number of nitro groups is 1. The Balaban J connectivity index is 1.46. The van der Waals surface area contributed by atoms with Crippen LogP contribution in [0.1, 0.15) is 39.4 Å². The number of rotatable bonds is 4. The Morgan fingerprint density at radius 2 is 1.88 bits per heavy atom. The second-order valence-electron chi connectivity index (χ2n) is 9.79. The molecular formula is C27H27ClN3O3+. The summed E-state index contributed by atoms with van der Waals surface area (Å²) in [6.45, 7) is 4.68. The molecule has 174 valence electrons. The zero-order valence-corrected chi connectivity index (χ0v) is 20.0. The molecule has 7 heteroatoms. The number of non-ortho nitro benzene ring substituents is 1.